The molecule has 3 aromatic carbocycles. The van der Waals surface area contributed by atoms with Gasteiger partial charge in [0.2, 0.25) is 0 Å². The van der Waals surface area contributed by atoms with E-state index in [1.165, 1.54) is 19.2 Å². The van der Waals surface area contributed by atoms with Crippen LogP contribution >= 0.6 is 11.6 Å². The molecule has 3 heterocycles. The lowest BCUT2D eigenvalue weighted by atomic mass is 9.58. The third kappa shape index (κ3) is 3.92. The van der Waals surface area contributed by atoms with E-state index in [9.17, 15) is 5.26 Å². The first-order valence-electron chi connectivity index (χ1n) is 14.5. The maximum Gasteiger partial charge on any atom is 0.138 e. The van der Waals surface area contributed by atoms with Crippen molar-refractivity contribution in [3.63, 3.8) is 0 Å². The Labute approximate surface area is 254 Å². The van der Waals surface area contributed by atoms with Gasteiger partial charge in [-0.25, -0.2) is 14.6 Å². The van der Waals surface area contributed by atoms with Gasteiger partial charge in [-0.1, -0.05) is 103 Å². The van der Waals surface area contributed by atoms with E-state index in [-0.39, 0.29) is 0 Å². The van der Waals surface area contributed by atoms with Crippen molar-refractivity contribution >= 4 is 22.5 Å². The Balaban J connectivity index is 1.47. The van der Waals surface area contributed by atoms with Crippen LogP contribution < -0.4 is 0 Å². The van der Waals surface area contributed by atoms with E-state index in [1.807, 2.05) is 24.4 Å². The predicted octanol–water partition coefficient (Wildman–Crippen LogP) is 7.72. The minimum Gasteiger partial charge on any atom is -0.257 e. The first kappa shape index (κ1) is 25.8. The number of halogens is 1. The summed E-state index contributed by atoms with van der Waals surface area (Å²) >= 11 is 6.39. The molecule has 208 valence electrons. The molecule has 0 amide bonds. The van der Waals surface area contributed by atoms with Crippen molar-refractivity contribution in [2.24, 2.45) is 5.41 Å². The highest BCUT2D eigenvalue weighted by atomic mass is 35.5. The van der Waals surface area contributed by atoms with Gasteiger partial charge in [0.25, 0.3) is 0 Å². The summed E-state index contributed by atoms with van der Waals surface area (Å²) < 4.78 is 2.08. The van der Waals surface area contributed by atoms with Crippen molar-refractivity contribution in [2.75, 3.05) is 0 Å². The molecule has 8 rings (SSSR count). The molecule has 2 aliphatic rings. The quantitative estimate of drug-likeness (QED) is 0.149. The highest BCUT2D eigenvalue weighted by Gasteiger charge is 2.62. The number of pyridine rings is 1. The van der Waals surface area contributed by atoms with Crippen LogP contribution in [0.25, 0.3) is 22.3 Å². The maximum atomic E-state index is 10.4. The number of rotatable bonds is 6. The van der Waals surface area contributed by atoms with Crippen molar-refractivity contribution in [3.8, 4) is 17.5 Å². The van der Waals surface area contributed by atoms with Gasteiger partial charge in [-0.3, -0.25) is 4.98 Å². The molecule has 6 aromatic rings. The van der Waals surface area contributed by atoms with Crippen LogP contribution in [-0.4, -0.2) is 24.7 Å². The van der Waals surface area contributed by atoms with E-state index < -0.39 is 11.0 Å². The summed E-state index contributed by atoms with van der Waals surface area (Å²) in [6.45, 7) is 0. The summed E-state index contributed by atoms with van der Waals surface area (Å²) in [5.41, 5.74) is 4.98. The zero-order chi connectivity index (χ0) is 29.1. The van der Waals surface area contributed by atoms with Crippen molar-refractivity contribution in [1.82, 2.24) is 24.7 Å². The van der Waals surface area contributed by atoms with E-state index in [0.717, 1.165) is 46.1 Å². The number of nitrogens with zero attached hydrogens (tertiary/aromatic N) is 6. The summed E-state index contributed by atoms with van der Waals surface area (Å²) in [4.78, 5) is 13.7. The van der Waals surface area contributed by atoms with Gasteiger partial charge in [-0.2, -0.15) is 10.4 Å². The topological polar surface area (TPSA) is 80.3 Å². The molecule has 1 spiro atoms. The van der Waals surface area contributed by atoms with Gasteiger partial charge in [0.15, 0.2) is 0 Å². The van der Waals surface area contributed by atoms with E-state index in [2.05, 4.69) is 99.6 Å². The molecule has 0 saturated heterocycles. The van der Waals surface area contributed by atoms with Gasteiger partial charge in [0.05, 0.1) is 29.2 Å². The second-order valence-corrected chi connectivity index (χ2v) is 12.3. The fourth-order valence-electron chi connectivity index (χ4n) is 7.17. The highest BCUT2D eigenvalue weighted by Crippen LogP contribution is 2.68. The number of hydrogen-bond acceptors (Lipinski definition) is 5. The molecule has 43 heavy (non-hydrogen) atoms. The third-order valence-corrected chi connectivity index (χ3v) is 9.56. The second kappa shape index (κ2) is 9.58. The van der Waals surface area contributed by atoms with Gasteiger partial charge < -0.3 is 0 Å². The first-order valence-corrected chi connectivity index (χ1v) is 14.9. The average Bonchev–Trinajstić information content (AvgIpc) is 3.75. The molecule has 0 unspecified atom stereocenters. The smallest absolute Gasteiger partial charge is 0.138 e. The average molecular weight is 579 g/mol. The molecule has 7 heteroatoms. The molecule has 3 aromatic heterocycles. The standard InChI is InChI=1S/C36H27ClN6/c37-32-19-29(40-24-41-32)33-28-18-31(35(23-38)21-34(22-35)16-17-34)39-20-30(28)43(42-33)36(25-10-4-1-5-11-25,26-12-6-2-7-13-26)27-14-8-3-9-15-27/h1-15,18-20,24H,16-17,21-22H2. The molecule has 2 fully saturated rings. The van der Waals surface area contributed by atoms with Crippen LogP contribution in [-0.2, 0) is 11.0 Å². The maximum absolute atomic E-state index is 10.4. The number of aromatic nitrogens is 5. The number of nitriles is 1. The highest BCUT2D eigenvalue weighted by molar-refractivity contribution is 6.29. The molecule has 0 radical (unpaired) electrons. The Morgan fingerprint density at radius 1 is 0.767 bits per heavy atom. The molecule has 0 N–H and O–H groups in total. The third-order valence-electron chi connectivity index (χ3n) is 9.35. The van der Waals surface area contributed by atoms with Crippen molar-refractivity contribution in [2.45, 2.75) is 36.6 Å². The summed E-state index contributed by atoms with van der Waals surface area (Å²) in [6, 6.07) is 37.7. The number of benzene rings is 3. The van der Waals surface area contributed by atoms with Crippen molar-refractivity contribution in [3.05, 3.63) is 143 Å². The minimum absolute atomic E-state index is 0.336. The molecule has 0 aliphatic heterocycles. The Bertz CT molecular complexity index is 1910. The lowest BCUT2D eigenvalue weighted by Gasteiger charge is -2.43. The fourth-order valence-corrected chi connectivity index (χ4v) is 7.31. The lowest BCUT2D eigenvalue weighted by molar-refractivity contribution is 0.168. The summed E-state index contributed by atoms with van der Waals surface area (Å²) in [5, 5.41) is 17.0. The van der Waals surface area contributed by atoms with Crippen LogP contribution in [0.2, 0.25) is 5.15 Å². The van der Waals surface area contributed by atoms with Gasteiger partial charge in [0.1, 0.15) is 28.1 Å². The van der Waals surface area contributed by atoms with Gasteiger partial charge in [-0.15, -0.1) is 0 Å². The summed E-state index contributed by atoms with van der Waals surface area (Å²) in [6.07, 6.45) is 7.48. The van der Waals surface area contributed by atoms with Crippen LogP contribution in [0.3, 0.4) is 0 Å². The fraction of sp³-hybridized carbons (Fsp3) is 0.194. The van der Waals surface area contributed by atoms with Crippen molar-refractivity contribution < 1.29 is 0 Å². The zero-order valence-electron chi connectivity index (χ0n) is 23.4. The molecule has 0 atom stereocenters. The van der Waals surface area contributed by atoms with Gasteiger partial charge in [0, 0.05) is 11.5 Å². The summed E-state index contributed by atoms with van der Waals surface area (Å²) in [7, 11) is 0. The Kier molecular flexibility index (Phi) is 5.76. The Morgan fingerprint density at radius 3 is 1.86 bits per heavy atom. The molecule has 2 aliphatic carbocycles. The normalized spacial score (nSPS) is 16.5. The molecule has 6 nitrogen and oxygen atoms in total. The van der Waals surface area contributed by atoms with Crippen LogP contribution in [0.5, 0.6) is 0 Å². The molecule has 0 bridgehead atoms. The van der Waals surface area contributed by atoms with E-state index in [4.69, 9.17) is 21.7 Å². The van der Waals surface area contributed by atoms with Crippen molar-refractivity contribution in [1.29, 1.82) is 5.26 Å². The van der Waals surface area contributed by atoms with E-state index >= 15 is 0 Å². The Hall–Kier alpha value is -4.86. The van der Waals surface area contributed by atoms with E-state index in [0.29, 0.717) is 22.0 Å². The van der Waals surface area contributed by atoms with Crippen LogP contribution in [0.4, 0.5) is 0 Å². The lowest BCUT2D eigenvalue weighted by Crippen LogP contribution is -2.42. The zero-order valence-corrected chi connectivity index (χ0v) is 24.1. The Morgan fingerprint density at radius 2 is 1.35 bits per heavy atom. The van der Waals surface area contributed by atoms with Crippen LogP contribution in [0.1, 0.15) is 48.1 Å². The second-order valence-electron chi connectivity index (χ2n) is 11.9. The molecule has 2 saturated carbocycles. The number of hydrogen-bond donors (Lipinski definition) is 0. The minimum atomic E-state index is -0.845. The largest absolute Gasteiger partial charge is 0.257 e. The van der Waals surface area contributed by atoms with Gasteiger partial charge >= 0.3 is 0 Å². The SMILES string of the molecule is N#CC1(c2cc3c(-c4cc(Cl)ncn4)nn(C(c4ccccc4)(c4ccccc4)c4ccccc4)c3cn2)CC2(CC2)C1. The van der Waals surface area contributed by atoms with Gasteiger partial charge in [-0.05, 0) is 53.9 Å². The molecular formula is C36H27ClN6. The van der Waals surface area contributed by atoms with Crippen LogP contribution in [0, 0.1) is 16.7 Å². The predicted molar refractivity (Wildman–Crippen MR) is 166 cm³/mol. The summed E-state index contributed by atoms with van der Waals surface area (Å²) in [5.74, 6) is 0. The monoisotopic (exact) mass is 578 g/mol. The van der Waals surface area contributed by atoms with Crippen LogP contribution in [0.15, 0.2) is 116 Å². The molecular weight excluding hydrogens is 552 g/mol. The first-order chi connectivity index (χ1) is 21.1. The van der Waals surface area contributed by atoms with E-state index in [1.54, 1.807) is 6.07 Å². The number of fused-ring (bicyclic) bond motifs is 1.